The Labute approximate surface area is 237 Å². The van der Waals surface area contributed by atoms with Crippen LogP contribution in [0.15, 0.2) is 97.1 Å². The Morgan fingerprint density at radius 2 is 1.49 bits per heavy atom. The molecule has 7 nitrogen and oxygen atoms in total. The van der Waals surface area contributed by atoms with E-state index in [4.69, 9.17) is 4.74 Å². The number of carbonyl (C=O) groups excluding carboxylic acids is 4. The Hall–Kier alpha value is -4.78. The van der Waals surface area contributed by atoms with Crippen LogP contribution in [0.4, 0.5) is 11.4 Å². The Morgan fingerprint density at radius 3 is 2.29 bits per heavy atom. The van der Waals surface area contributed by atoms with Gasteiger partial charge < -0.3 is 10.1 Å². The van der Waals surface area contributed by atoms with E-state index in [-0.39, 0.29) is 41.0 Å². The lowest BCUT2D eigenvalue weighted by atomic mass is 9.73. The third-order valence-corrected chi connectivity index (χ3v) is 9.00. The van der Waals surface area contributed by atoms with E-state index in [2.05, 4.69) is 17.4 Å². The second-order valence-corrected chi connectivity index (χ2v) is 11.2. The molecule has 204 valence electrons. The summed E-state index contributed by atoms with van der Waals surface area (Å²) in [5.74, 6) is -1.27. The molecule has 0 aromatic heterocycles. The highest BCUT2D eigenvalue weighted by Gasteiger charge is 2.64. The molecule has 2 bridgehead atoms. The average molecular weight is 545 g/mol. The molecule has 41 heavy (non-hydrogen) atoms. The largest absolute Gasteiger partial charge is 0.452 e. The molecular weight excluding hydrogens is 516 g/mol. The van der Waals surface area contributed by atoms with Crippen LogP contribution in [0.1, 0.15) is 34.7 Å². The maximum Gasteiger partial charge on any atom is 0.338 e. The summed E-state index contributed by atoms with van der Waals surface area (Å²) in [5.41, 5.74) is 2.57. The van der Waals surface area contributed by atoms with Crippen LogP contribution in [0, 0.1) is 23.7 Å². The lowest BCUT2D eigenvalue weighted by Crippen LogP contribution is -2.33. The molecule has 3 fully saturated rings. The van der Waals surface area contributed by atoms with E-state index in [1.165, 1.54) is 22.6 Å². The first-order valence-corrected chi connectivity index (χ1v) is 14.0. The summed E-state index contributed by atoms with van der Waals surface area (Å²) in [4.78, 5) is 53.4. The number of nitrogens with zero attached hydrogens (tertiary/aromatic N) is 1. The van der Waals surface area contributed by atoms with Crippen molar-refractivity contribution in [2.45, 2.75) is 18.8 Å². The van der Waals surface area contributed by atoms with E-state index < -0.39 is 18.5 Å². The van der Waals surface area contributed by atoms with E-state index in [9.17, 15) is 19.2 Å². The molecule has 1 heterocycles. The number of benzene rings is 4. The van der Waals surface area contributed by atoms with Gasteiger partial charge in [0.2, 0.25) is 11.8 Å². The summed E-state index contributed by atoms with van der Waals surface area (Å²) in [6, 6.07) is 29.8. The predicted octanol–water partition coefficient (Wildman–Crippen LogP) is 5.56. The quantitative estimate of drug-likeness (QED) is 0.253. The number of amides is 3. The second kappa shape index (κ2) is 10.0. The zero-order valence-corrected chi connectivity index (χ0v) is 22.2. The number of fused-ring (bicyclic) bond motifs is 6. The van der Waals surface area contributed by atoms with Gasteiger partial charge in [0.25, 0.3) is 5.91 Å². The number of nitrogens with one attached hydrogen (secondary N) is 1. The molecule has 1 aliphatic heterocycles. The van der Waals surface area contributed by atoms with Crippen molar-refractivity contribution in [1.29, 1.82) is 0 Å². The van der Waals surface area contributed by atoms with E-state index in [1.54, 1.807) is 18.2 Å². The number of carbonyl (C=O) groups is 4. The highest BCUT2D eigenvalue weighted by atomic mass is 16.5. The number of imide groups is 1. The first-order chi connectivity index (χ1) is 20.0. The number of esters is 1. The molecule has 1 N–H and O–H groups in total. The molecule has 0 spiro atoms. The molecule has 2 aliphatic carbocycles. The van der Waals surface area contributed by atoms with Crippen LogP contribution in [0.25, 0.3) is 10.8 Å². The van der Waals surface area contributed by atoms with E-state index in [1.807, 2.05) is 54.6 Å². The van der Waals surface area contributed by atoms with Gasteiger partial charge in [0.15, 0.2) is 6.61 Å². The van der Waals surface area contributed by atoms with Crippen LogP contribution in [-0.4, -0.2) is 30.3 Å². The first kappa shape index (κ1) is 25.2. The van der Waals surface area contributed by atoms with Gasteiger partial charge in [0.05, 0.1) is 23.1 Å². The monoisotopic (exact) mass is 544 g/mol. The molecule has 0 unspecified atom stereocenters. The predicted molar refractivity (Wildman–Crippen MR) is 154 cm³/mol. The second-order valence-electron chi connectivity index (χ2n) is 11.2. The summed E-state index contributed by atoms with van der Waals surface area (Å²) >= 11 is 0. The number of hydrogen-bond donors (Lipinski definition) is 1. The number of anilines is 2. The fourth-order valence-electron chi connectivity index (χ4n) is 7.28. The van der Waals surface area contributed by atoms with Crippen LogP contribution >= 0.6 is 0 Å². The summed E-state index contributed by atoms with van der Waals surface area (Å²) in [6.45, 7) is -0.443. The van der Waals surface area contributed by atoms with Gasteiger partial charge in [-0.3, -0.25) is 19.3 Å². The Bertz CT molecular complexity index is 1680. The third-order valence-electron chi connectivity index (χ3n) is 9.00. The molecule has 0 radical (unpaired) electrons. The maximum absolute atomic E-state index is 13.6. The van der Waals surface area contributed by atoms with E-state index in [0.717, 1.165) is 23.6 Å². The molecule has 1 saturated heterocycles. The van der Waals surface area contributed by atoms with Crippen molar-refractivity contribution in [3.05, 3.63) is 108 Å². The van der Waals surface area contributed by atoms with Crippen molar-refractivity contribution in [3.8, 4) is 0 Å². The minimum atomic E-state index is -0.663. The van der Waals surface area contributed by atoms with Gasteiger partial charge in [-0.25, -0.2) is 4.79 Å². The smallest absolute Gasteiger partial charge is 0.338 e. The Kier molecular flexibility index (Phi) is 6.15. The minimum Gasteiger partial charge on any atom is -0.452 e. The van der Waals surface area contributed by atoms with Crippen LogP contribution in [0.2, 0.25) is 0 Å². The molecule has 7 heteroatoms. The van der Waals surface area contributed by atoms with Crippen LogP contribution < -0.4 is 10.2 Å². The van der Waals surface area contributed by atoms with Crippen molar-refractivity contribution in [3.63, 3.8) is 0 Å². The van der Waals surface area contributed by atoms with E-state index >= 15 is 0 Å². The molecule has 3 aliphatic rings. The van der Waals surface area contributed by atoms with Crippen molar-refractivity contribution < 1.29 is 23.9 Å². The van der Waals surface area contributed by atoms with Gasteiger partial charge >= 0.3 is 5.97 Å². The fourth-order valence-corrected chi connectivity index (χ4v) is 7.28. The van der Waals surface area contributed by atoms with Crippen molar-refractivity contribution >= 4 is 45.8 Å². The third kappa shape index (κ3) is 4.29. The molecule has 5 atom stereocenters. The van der Waals surface area contributed by atoms with Gasteiger partial charge in [-0.1, -0.05) is 66.7 Å². The molecule has 3 amide bonds. The zero-order chi connectivity index (χ0) is 28.1. The SMILES string of the molecule is O=C(COC(=O)c1ccc(N2C(=O)[C@@H]3[C@@H]4C[C@@H]([C@@H]3C2=O)[C@@H](c2ccccc2)C4)cc1)Nc1cccc2ccccc12. The lowest BCUT2D eigenvalue weighted by Gasteiger charge is -2.28. The standard InChI is InChI=1S/C34H28N2O5/c37-29(35-28-12-6-10-20-9-4-5-11-25(20)28)19-41-34(40)22-13-15-24(16-14-22)36-32(38)30-23-17-26(21-7-2-1-3-8-21)27(18-23)31(30)33(36)39/h1-16,23,26-27,30-31H,17-19H2,(H,35,37)/t23-,26+,27+,30+,31-/m0/s1. The van der Waals surface area contributed by atoms with Gasteiger partial charge in [0, 0.05) is 11.1 Å². The summed E-state index contributed by atoms with van der Waals surface area (Å²) in [5, 5.41) is 4.68. The van der Waals surface area contributed by atoms with Crippen LogP contribution in [-0.2, 0) is 19.1 Å². The molecule has 4 aromatic carbocycles. The van der Waals surface area contributed by atoms with E-state index in [0.29, 0.717) is 17.3 Å². The fraction of sp³-hybridized carbons (Fsp3) is 0.235. The average Bonchev–Trinajstić information content (AvgIpc) is 3.68. The summed E-state index contributed by atoms with van der Waals surface area (Å²) < 4.78 is 5.23. The molecule has 4 aromatic rings. The van der Waals surface area contributed by atoms with Crippen molar-refractivity contribution in [2.24, 2.45) is 23.7 Å². The molecule has 2 saturated carbocycles. The Balaban J connectivity index is 1.00. The van der Waals surface area contributed by atoms with Gasteiger partial charge in [-0.15, -0.1) is 0 Å². The van der Waals surface area contributed by atoms with Crippen LogP contribution in [0.5, 0.6) is 0 Å². The van der Waals surface area contributed by atoms with Crippen molar-refractivity contribution in [2.75, 3.05) is 16.8 Å². The normalized spacial score (nSPS) is 24.5. The van der Waals surface area contributed by atoms with Gasteiger partial charge in [-0.05, 0) is 71.9 Å². The van der Waals surface area contributed by atoms with Gasteiger partial charge in [0.1, 0.15) is 0 Å². The zero-order valence-electron chi connectivity index (χ0n) is 22.2. The first-order valence-electron chi connectivity index (χ1n) is 14.0. The van der Waals surface area contributed by atoms with Crippen LogP contribution in [0.3, 0.4) is 0 Å². The van der Waals surface area contributed by atoms with Crippen molar-refractivity contribution in [1.82, 2.24) is 0 Å². The number of ether oxygens (including phenoxy) is 1. The number of hydrogen-bond acceptors (Lipinski definition) is 5. The maximum atomic E-state index is 13.6. The lowest BCUT2D eigenvalue weighted by molar-refractivity contribution is -0.123. The minimum absolute atomic E-state index is 0.139. The summed E-state index contributed by atoms with van der Waals surface area (Å²) in [7, 11) is 0. The summed E-state index contributed by atoms with van der Waals surface area (Å²) in [6.07, 6.45) is 1.85. The number of rotatable bonds is 6. The topological polar surface area (TPSA) is 92.8 Å². The Morgan fingerprint density at radius 1 is 0.780 bits per heavy atom. The molecular formula is C34H28N2O5. The highest BCUT2D eigenvalue weighted by Crippen LogP contribution is 2.61. The van der Waals surface area contributed by atoms with Gasteiger partial charge in [-0.2, -0.15) is 0 Å². The molecule has 7 rings (SSSR count). The highest BCUT2D eigenvalue weighted by molar-refractivity contribution is 6.22.